The van der Waals surface area contributed by atoms with Gasteiger partial charge in [-0.15, -0.1) is 0 Å². The van der Waals surface area contributed by atoms with E-state index in [2.05, 4.69) is 0 Å². The molecular weight excluding hydrogens is 198 g/mol. The fourth-order valence-electron chi connectivity index (χ4n) is 1.74. The van der Waals surface area contributed by atoms with Crippen LogP contribution in [0.1, 0.15) is 31.9 Å². The van der Waals surface area contributed by atoms with Crippen LogP contribution >= 0.6 is 0 Å². The quantitative estimate of drug-likeness (QED) is 0.733. The maximum atomic E-state index is 13.6. The van der Waals surface area contributed by atoms with Gasteiger partial charge in [-0.3, -0.25) is 0 Å². The number of ether oxygens (including phenoxy) is 1. The van der Waals surface area contributed by atoms with Crippen LogP contribution in [0.3, 0.4) is 0 Å². The van der Waals surface area contributed by atoms with E-state index in [0.717, 1.165) is 6.07 Å². The van der Waals surface area contributed by atoms with E-state index < -0.39 is 11.6 Å². The number of benzene rings is 1. The number of halogens is 2. The Kier molecular flexibility index (Phi) is 3.45. The molecule has 0 saturated heterocycles. The van der Waals surface area contributed by atoms with Crippen LogP contribution in [0.2, 0.25) is 0 Å². The maximum Gasteiger partial charge on any atom is 0.130 e. The van der Waals surface area contributed by atoms with Gasteiger partial charge < -0.3 is 4.74 Å². The van der Waals surface area contributed by atoms with E-state index in [1.54, 1.807) is 0 Å². The fourth-order valence-corrected chi connectivity index (χ4v) is 1.74. The topological polar surface area (TPSA) is 9.23 Å². The van der Waals surface area contributed by atoms with Crippen LogP contribution in [-0.2, 0) is 16.8 Å². The molecular formula is C12H16F2O. The highest BCUT2D eigenvalue weighted by Gasteiger charge is 2.23. The highest BCUT2D eigenvalue weighted by atomic mass is 19.1. The average Bonchev–Trinajstić information content (AvgIpc) is 1.99. The molecule has 15 heavy (non-hydrogen) atoms. The monoisotopic (exact) mass is 214 g/mol. The molecule has 0 fully saturated rings. The molecule has 84 valence electrons. The number of hydrogen-bond donors (Lipinski definition) is 0. The SMILES string of the molecule is COCc1cc(F)cc(F)c1C(C)(C)C. The molecule has 1 aromatic rings. The van der Waals surface area contributed by atoms with Crippen molar-refractivity contribution in [2.45, 2.75) is 32.8 Å². The second-order valence-electron chi connectivity index (χ2n) is 4.60. The molecule has 0 amide bonds. The summed E-state index contributed by atoms with van der Waals surface area (Å²) in [5.41, 5.74) is 0.735. The van der Waals surface area contributed by atoms with Crippen molar-refractivity contribution in [3.05, 3.63) is 34.9 Å². The van der Waals surface area contributed by atoms with Gasteiger partial charge in [0.05, 0.1) is 6.61 Å². The predicted molar refractivity (Wildman–Crippen MR) is 55.8 cm³/mol. The van der Waals surface area contributed by atoms with Crippen molar-refractivity contribution in [3.63, 3.8) is 0 Å². The summed E-state index contributed by atoms with van der Waals surface area (Å²) in [5, 5.41) is 0. The standard InChI is InChI=1S/C12H16F2O/c1-12(2,3)11-8(7-15-4)5-9(13)6-10(11)14/h5-6H,7H2,1-4H3. The molecule has 0 atom stereocenters. The minimum absolute atomic E-state index is 0.223. The van der Waals surface area contributed by atoms with Crippen molar-refractivity contribution in [2.24, 2.45) is 0 Å². The third-order valence-electron chi connectivity index (χ3n) is 2.19. The van der Waals surface area contributed by atoms with Gasteiger partial charge in [0.2, 0.25) is 0 Å². The molecule has 1 nitrogen and oxygen atoms in total. The zero-order chi connectivity index (χ0) is 11.6. The van der Waals surface area contributed by atoms with Gasteiger partial charge >= 0.3 is 0 Å². The molecule has 0 radical (unpaired) electrons. The van der Waals surface area contributed by atoms with Crippen LogP contribution in [-0.4, -0.2) is 7.11 Å². The van der Waals surface area contributed by atoms with E-state index >= 15 is 0 Å². The first-order chi connectivity index (χ1) is 6.86. The van der Waals surface area contributed by atoms with Crippen LogP contribution in [0, 0.1) is 11.6 Å². The second kappa shape index (κ2) is 4.27. The van der Waals surface area contributed by atoms with E-state index in [4.69, 9.17) is 4.74 Å². The fraction of sp³-hybridized carbons (Fsp3) is 0.500. The van der Waals surface area contributed by atoms with Gasteiger partial charge in [-0.1, -0.05) is 20.8 Å². The summed E-state index contributed by atoms with van der Waals surface area (Å²) in [4.78, 5) is 0. The van der Waals surface area contributed by atoms with E-state index in [1.807, 2.05) is 20.8 Å². The van der Waals surface area contributed by atoms with Crippen molar-refractivity contribution in [1.82, 2.24) is 0 Å². The highest BCUT2D eigenvalue weighted by molar-refractivity contribution is 5.34. The third kappa shape index (κ3) is 2.75. The summed E-state index contributed by atoms with van der Waals surface area (Å²) < 4.78 is 31.6. The Balaban J connectivity index is 3.33. The summed E-state index contributed by atoms with van der Waals surface area (Å²) in [6, 6.07) is 2.24. The Labute approximate surface area is 89.1 Å². The Morgan fingerprint density at radius 3 is 2.27 bits per heavy atom. The largest absolute Gasteiger partial charge is 0.380 e. The molecule has 1 aromatic carbocycles. The molecule has 3 heteroatoms. The molecule has 0 aliphatic rings. The minimum Gasteiger partial charge on any atom is -0.380 e. The molecule has 0 spiro atoms. The second-order valence-corrected chi connectivity index (χ2v) is 4.60. The molecule has 0 aliphatic carbocycles. The Morgan fingerprint density at radius 1 is 1.20 bits per heavy atom. The summed E-state index contributed by atoms with van der Waals surface area (Å²) in [6.45, 7) is 5.90. The van der Waals surface area contributed by atoms with E-state index in [9.17, 15) is 8.78 Å². The van der Waals surface area contributed by atoms with Crippen molar-refractivity contribution >= 4 is 0 Å². The van der Waals surface area contributed by atoms with Crippen molar-refractivity contribution in [1.29, 1.82) is 0 Å². The van der Waals surface area contributed by atoms with Crippen molar-refractivity contribution < 1.29 is 13.5 Å². The summed E-state index contributed by atoms with van der Waals surface area (Å²) >= 11 is 0. The Hall–Kier alpha value is -0.960. The summed E-state index contributed by atoms with van der Waals surface area (Å²) in [7, 11) is 1.51. The molecule has 0 bridgehead atoms. The molecule has 0 heterocycles. The molecule has 0 unspecified atom stereocenters. The zero-order valence-corrected chi connectivity index (χ0v) is 9.53. The molecule has 0 aromatic heterocycles. The lowest BCUT2D eigenvalue weighted by Gasteiger charge is -2.23. The Morgan fingerprint density at radius 2 is 1.80 bits per heavy atom. The number of hydrogen-bond acceptors (Lipinski definition) is 1. The molecule has 1 rings (SSSR count). The molecule has 0 N–H and O–H groups in total. The minimum atomic E-state index is -0.562. The first kappa shape index (κ1) is 12.1. The van der Waals surface area contributed by atoms with Crippen LogP contribution in [0.5, 0.6) is 0 Å². The van der Waals surface area contributed by atoms with Gasteiger partial charge in [-0.2, -0.15) is 0 Å². The lowest BCUT2D eigenvalue weighted by molar-refractivity contribution is 0.182. The first-order valence-corrected chi connectivity index (χ1v) is 4.83. The van der Waals surface area contributed by atoms with Crippen LogP contribution in [0.4, 0.5) is 8.78 Å². The van der Waals surface area contributed by atoms with Crippen molar-refractivity contribution in [2.75, 3.05) is 7.11 Å². The third-order valence-corrected chi connectivity index (χ3v) is 2.19. The van der Waals surface area contributed by atoms with Gasteiger partial charge in [-0.25, -0.2) is 8.78 Å². The molecule has 0 aliphatic heterocycles. The highest BCUT2D eigenvalue weighted by Crippen LogP contribution is 2.29. The van der Waals surface area contributed by atoms with Gasteiger partial charge in [0.1, 0.15) is 11.6 Å². The zero-order valence-electron chi connectivity index (χ0n) is 9.53. The lowest BCUT2D eigenvalue weighted by atomic mass is 9.83. The van der Waals surface area contributed by atoms with Gasteiger partial charge in [0, 0.05) is 13.2 Å². The maximum absolute atomic E-state index is 13.6. The number of methoxy groups -OCH3 is 1. The van der Waals surface area contributed by atoms with Crippen LogP contribution in [0.15, 0.2) is 12.1 Å². The van der Waals surface area contributed by atoms with Gasteiger partial charge in [0.25, 0.3) is 0 Å². The van der Waals surface area contributed by atoms with E-state index in [-0.39, 0.29) is 12.0 Å². The normalized spacial score (nSPS) is 11.9. The first-order valence-electron chi connectivity index (χ1n) is 4.83. The Bertz CT molecular complexity index is 353. The van der Waals surface area contributed by atoms with Gasteiger partial charge in [-0.05, 0) is 22.6 Å². The average molecular weight is 214 g/mol. The van der Waals surface area contributed by atoms with E-state index in [0.29, 0.717) is 11.1 Å². The van der Waals surface area contributed by atoms with Crippen LogP contribution in [0.25, 0.3) is 0 Å². The molecule has 0 saturated carbocycles. The smallest absolute Gasteiger partial charge is 0.130 e. The number of rotatable bonds is 2. The van der Waals surface area contributed by atoms with Gasteiger partial charge in [0.15, 0.2) is 0 Å². The van der Waals surface area contributed by atoms with E-state index in [1.165, 1.54) is 13.2 Å². The lowest BCUT2D eigenvalue weighted by Crippen LogP contribution is -2.17. The van der Waals surface area contributed by atoms with Crippen LogP contribution < -0.4 is 0 Å². The predicted octanol–water partition coefficient (Wildman–Crippen LogP) is 3.41. The summed E-state index contributed by atoms with van der Waals surface area (Å²) in [5.74, 6) is -1.07. The summed E-state index contributed by atoms with van der Waals surface area (Å²) in [6.07, 6.45) is 0. The van der Waals surface area contributed by atoms with Crippen molar-refractivity contribution in [3.8, 4) is 0 Å².